The lowest BCUT2D eigenvalue weighted by molar-refractivity contribution is -0.158. The van der Waals surface area contributed by atoms with Crippen LogP contribution in [0.2, 0.25) is 0 Å². The molecule has 8 heteroatoms. The van der Waals surface area contributed by atoms with Gasteiger partial charge in [0.15, 0.2) is 0 Å². The van der Waals surface area contributed by atoms with Crippen LogP contribution in [0.15, 0.2) is 0 Å². The third-order valence-corrected chi connectivity index (χ3v) is 20.9. The van der Waals surface area contributed by atoms with E-state index in [4.69, 9.17) is 44.6 Å². The summed E-state index contributed by atoms with van der Waals surface area (Å²) >= 11 is 0. The molecule has 342 valence electrons. The Morgan fingerprint density at radius 2 is 0.656 bits per heavy atom. The van der Waals surface area contributed by atoms with Crippen LogP contribution in [0.1, 0.15) is 216 Å². The first-order valence-electron chi connectivity index (χ1n) is 25.2. The summed E-state index contributed by atoms with van der Waals surface area (Å²) in [6.45, 7) is 19.5. The first-order valence-corrected chi connectivity index (χ1v) is 25.2. The molecule has 0 radical (unpaired) electrons. The number of hydrogen-bond donors (Lipinski definition) is 8. The van der Waals surface area contributed by atoms with Crippen molar-refractivity contribution in [2.75, 3.05) is 0 Å². The lowest BCUT2D eigenvalue weighted by Gasteiger charge is -2.68. The third kappa shape index (κ3) is 7.73. The highest BCUT2D eigenvalue weighted by Crippen LogP contribution is 2.74. The average Bonchev–Trinajstić information content (AvgIpc) is 2.98. The van der Waals surface area contributed by atoms with Crippen molar-refractivity contribution in [2.45, 2.75) is 216 Å². The van der Waals surface area contributed by atoms with Crippen molar-refractivity contribution in [1.29, 1.82) is 21.6 Å². The van der Waals surface area contributed by atoms with Gasteiger partial charge < -0.3 is 22.9 Å². The van der Waals surface area contributed by atoms with Gasteiger partial charge in [-0.3, -0.25) is 21.6 Å². The Bertz CT molecular complexity index is 1770. The van der Waals surface area contributed by atoms with E-state index in [1.165, 1.54) is 154 Å². The van der Waals surface area contributed by atoms with Crippen LogP contribution in [-0.2, 0) is 0 Å². The predicted molar refractivity (Wildman–Crippen MR) is 252 cm³/mol. The summed E-state index contributed by atoms with van der Waals surface area (Å²) < 4.78 is 0. The summed E-state index contributed by atoms with van der Waals surface area (Å²) in [4.78, 5) is 0. The second-order valence-electron chi connectivity index (χ2n) is 29.8. The van der Waals surface area contributed by atoms with Crippen molar-refractivity contribution in [2.24, 2.45) is 112 Å². The van der Waals surface area contributed by atoms with Crippen LogP contribution in [0.3, 0.4) is 0 Å². The first-order chi connectivity index (χ1) is 27.9. The van der Waals surface area contributed by atoms with Gasteiger partial charge in [0.1, 0.15) is 0 Å². The maximum Gasteiger partial charge on any atom is 0.0969 e. The van der Waals surface area contributed by atoms with Gasteiger partial charge in [-0.25, -0.2) is 0 Å². The monoisotopic (exact) mass is 839 g/mol. The Labute approximate surface area is 371 Å². The summed E-state index contributed by atoms with van der Waals surface area (Å²) in [6.07, 6.45) is 32.2. The van der Waals surface area contributed by atoms with E-state index in [1.54, 1.807) is 0 Å². The standard InChI is InChI=1S/2C14H24N2.C13H22N2.C12H20N2/c1-11-4-12(2)6-13(3,5-11)9-14(7-11,8-12)10(15)16;1-12-3-10-4-13(2,7-12)9-14(5-10,8-12)6-11(15)16;1-11-3-9-4-12(2,6-11)8-13(5-9,7-11)10(14)15;1-11-3-8-2-9(4-11)6-12(5-8,7-11)10(13)14/h4-9H2,1-3H3,(H3,15,16);10H,3-9H2,1-2H3,(H3,15,16);9H,3-8H2,1-2H3,(H3,14,15);8-9H,2-7H2,1H3,(H3,13,14). The largest absolute Gasteiger partial charge is 0.388 e. The van der Waals surface area contributed by atoms with Crippen LogP contribution in [0, 0.1) is 110 Å². The van der Waals surface area contributed by atoms with Gasteiger partial charge in [0, 0.05) is 22.7 Å². The zero-order valence-corrected chi connectivity index (χ0v) is 40.3. The van der Waals surface area contributed by atoms with E-state index >= 15 is 0 Å². The topological polar surface area (TPSA) is 199 Å². The van der Waals surface area contributed by atoms with Crippen molar-refractivity contribution in [3.05, 3.63) is 0 Å². The highest BCUT2D eigenvalue weighted by atomic mass is 14.8. The molecular weight excluding hydrogens is 749 g/mol. The van der Waals surface area contributed by atoms with Crippen LogP contribution >= 0.6 is 0 Å². The first kappa shape index (κ1) is 44.1. The minimum absolute atomic E-state index is 0.0486. The van der Waals surface area contributed by atoms with Crippen molar-refractivity contribution in [3.8, 4) is 0 Å². The molecule has 16 saturated carbocycles. The number of hydrogen-bond acceptors (Lipinski definition) is 4. The lowest BCUT2D eigenvalue weighted by Crippen LogP contribution is -2.62. The second-order valence-corrected chi connectivity index (χ2v) is 29.8. The summed E-state index contributed by atoms with van der Waals surface area (Å²) in [5, 5.41) is 31.4. The molecular formula is C53H90N8. The van der Waals surface area contributed by atoms with Gasteiger partial charge in [-0.2, -0.15) is 0 Å². The Hall–Kier alpha value is -2.12. The number of nitrogens with two attached hydrogens (primary N) is 4. The van der Waals surface area contributed by atoms with E-state index in [0.29, 0.717) is 72.1 Å². The van der Waals surface area contributed by atoms with Crippen molar-refractivity contribution >= 4 is 23.3 Å². The maximum absolute atomic E-state index is 8.01. The van der Waals surface area contributed by atoms with E-state index in [-0.39, 0.29) is 16.2 Å². The fourth-order valence-electron chi connectivity index (χ4n) is 23.6. The highest BCUT2D eigenvalue weighted by molar-refractivity contribution is 5.85. The molecule has 16 bridgehead atoms. The highest BCUT2D eigenvalue weighted by Gasteiger charge is 2.66. The van der Waals surface area contributed by atoms with Crippen LogP contribution in [-0.4, -0.2) is 23.3 Å². The molecule has 16 fully saturated rings. The van der Waals surface area contributed by atoms with Gasteiger partial charge in [-0.15, -0.1) is 0 Å². The SMILES string of the molecule is CC12CC3(C)CC(C)(C1)CC(C(=N)N)(C2)C3.CC12CC3CC(C)(C1)CC(C(=N)N)(C3)C2.CC12CC3CC(C)(C1)CC(CC(=N)N)(C3)C2.CC12CC3CC(C1)CC(C(=N)N)(C3)C2. The summed E-state index contributed by atoms with van der Waals surface area (Å²) in [6, 6.07) is 0. The molecule has 6 atom stereocenters. The molecule has 0 aromatic carbocycles. The van der Waals surface area contributed by atoms with Crippen LogP contribution < -0.4 is 22.9 Å². The lowest BCUT2D eigenvalue weighted by atomic mass is 9.36. The molecule has 6 unspecified atom stereocenters. The Balaban J connectivity index is 0.000000104. The van der Waals surface area contributed by atoms with Crippen molar-refractivity contribution in [3.63, 3.8) is 0 Å². The molecule has 0 aromatic heterocycles. The van der Waals surface area contributed by atoms with Gasteiger partial charge in [-0.05, 0) is 227 Å². The molecule has 0 aromatic rings. The molecule has 0 spiro atoms. The minimum Gasteiger partial charge on any atom is -0.388 e. The minimum atomic E-state index is 0.0486. The molecule has 0 heterocycles. The molecule has 12 N–H and O–H groups in total. The Kier molecular flexibility index (Phi) is 9.58. The van der Waals surface area contributed by atoms with Gasteiger partial charge in [0.25, 0.3) is 0 Å². The van der Waals surface area contributed by atoms with E-state index in [2.05, 4.69) is 55.4 Å². The fraction of sp³-hybridized carbons (Fsp3) is 0.925. The van der Waals surface area contributed by atoms with Gasteiger partial charge >= 0.3 is 0 Å². The predicted octanol–water partition coefficient (Wildman–Crippen LogP) is 12.1. The zero-order valence-electron chi connectivity index (χ0n) is 40.3. The molecule has 8 nitrogen and oxygen atoms in total. The van der Waals surface area contributed by atoms with Gasteiger partial charge in [0.05, 0.1) is 23.3 Å². The third-order valence-electron chi connectivity index (χ3n) is 20.9. The average molecular weight is 839 g/mol. The van der Waals surface area contributed by atoms with E-state index < -0.39 is 0 Å². The van der Waals surface area contributed by atoms with Crippen LogP contribution in [0.4, 0.5) is 0 Å². The molecule has 0 amide bonds. The van der Waals surface area contributed by atoms with E-state index in [0.717, 1.165) is 30.1 Å². The maximum atomic E-state index is 8.01. The smallest absolute Gasteiger partial charge is 0.0969 e. The zero-order chi connectivity index (χ0) is 44.3. The summed E-state index contributed by atoms with van der Waals surface area (Å²) in [7, 11) is 0. The van der Waals surface area contributed by atoms with E-state index in [1.807, 2.05) is 0 Å². The van der Waals surface area contributed by atoms with Crippen LogP contribution in [0.25, 0.3) is 0 Å². The normalized spacial score (nSPS) is 56.3. The molecule has 16 aliphatic rings. The van der Waals surface area contributed by atoms with Gasteiger partial charge in [0.2, 0.25) is 0 Å². The molecule has 0 aliphatic heterocycles. The molecule has 16 aliphatic carbocycles. The number of rotatable bonds is 5. The van der Waals surface area contributed by atoms with Crippen LogP contribution in [0.5, 0.6) is 0 Å². The van der Waals surface area contributed by atoms with Gasteiger partial charge in [-0.1, -0.05) is 55.4 Å². The second kappa shape index (κ2) is 13.3. The molecule has 0 saturated heterocycles. The fourth-order valence-corrected chi connectivity index (χ4v) is 23.6. The molecule has 16 rings (SSSR count). The Morgan fingerprint density at radius 1 is 0.344 bits per heavy atom. The summed E-state index contributed by atoms with van der Waals surface area (Å²) in [5.41, 5.74) is 28.0. The van der Waals surface area contributed by atoms with Crippen molar-refractivity contribution < 1.29 is 0 Å². The molecule has 61 heavy (non-hydrogen) atoms. The quantitative estimate of drug-likeness (QED) is 0.101. The van der Waals surface area contributed by atoms with Crippen molar-refractivity contribution in [1.82, 2.24) is 0 Å². The number of nitrogens with one attached hydrogen (secondary N) is 4. The van der Waals surface area contributed by atoms with E-state index in [9.17, 15) is 0 Å². The Morgan fingerprint density at radius 3 is 1.00 bits per heavy atom. The number of amidine groups is 4. The summed E-state index contributed by atoms with van der Waals surface area (Å²) in [5.74, 6) is 5.37.